The van der Waals surface area contributed by atoms with Crippen LogP contribution in [0.4, 0.5) is 5.69 Å². The Kier molecular flexibility index (Phi) is 6.45. The summed E-state index contributed by atoms with van der Waals surface area (Å²) in [5, 5.41) is 17.7. The van der Waals surface area contributed by atoms with Crippen molar-refractivity contribution in [2.24, 2.45) is 5.73 Å². The molecule has 3 aromatic rings. The molecule has 0 saturated carbocycles. The number of benzene rings is 2. The molecule has 0 aliphatic heterocycles. The third kappa shape index (κ3) is 5.35. The molecule has 1 heterocycles. The molecule has 0 aliphatic carbocycles. The minimum atomic E-state index is -0.605. The van der Waals surface area contributed by atoms with Gasteiger partial charge >= 0.3 is 0 Å². The number of nitrogens with two attached hydrogens (primary N) is 1. The van der Waals surface area contributed by atoms with Gasteiger partial charge in [-0.1, -0.05) is 6.07 Å². The number of rotatable bonds is 9. The Morgan fingerprint density at radius 2 is 1.90 bits per heavy atom. The average molecular weight is 425 g/mol. The number of primary amides is 1. The predicted molar refractivity (Wildman–Crippen MR) is 109 cm³/mol. The van der Waals surface area contributed by atoms with Gasteiger partial charge in [0.25, 0.3) is 17.5 Å². The Bertz CT molecular complexity index is 1110. The molecule has 0 atom stereocenters. The van der Waals surface area contributed by atoms with E-state index in [2.05, 4.69) is 10.4 Å². The quantitative estimate of drug-likeness (QED) is 0.390. The normalized spacial score (nSPS) is 10.4. The Morgan fingerprint density at radius 1 is 1.16 bits per heavy atom. The zero-order chi connectivity index (χ0) is 22.4. The Hall–Kier alpha value is -4.41. The zero-order valence-corrected chi connectivity index (χ0v) is 16.5. The Labute approximate surface area is 176 Å². The fourth-order valence-corrected chi connectivity index (χ4v) is 2.68. The van der Waals surface area contributed by atoms with E-state index in [-0.39, 0.29) is 24.5 Å². The minimum absolute atomic E-state index is 0.0321. The van der Waals surface area contributed by atoms with Gasteiger partial charge in [-0.15, -0.1) is 0 Å². The number of hydrogen-bond acceptors (Lipinski definition) is 7. The van der Waals surface area contributed by atoms with Gasteiger partial charge < -0.3 is 20.5 Å². The van der Waals surface area contributed by atoms with Crippen LogP contribution < -0.4 is 20.5 Å². The highest BCUT2D eigenvalue weighted by Gasteiger charge is 2.12. The molecule has 160 valence electrons. The number of ether oxygens (including phenoxy) is 2. The fraction of sp³-hybridized carbons (Fsp3) is 0.150. The zero-order valence-electron chi connectivity index (χ0n) is 16.5. The lowest BCUT2D eigenvalue weighted by atomic mass is 10.2. The van der Waals surface area contributed by atoms with Gasteiger partial charge in [-0.2, -0.15) is 5.10 Å². The van der Waals surface area contributed by atoms with Gasteiger partial charge in [0.2, 0.25) is 0 Å². The Balaban J connectivity index is 1.63. The molecule has 11 nitrogen and oxygen atoms in total. The van der Waals surface area contributed by atoms with Crippen molar-refractivity contribution in [1.29, 1.82) is 0 Å². The van der Waals surface area contributed by atoms with Crippen LogP contribution in [0.3, 0.4) is 0 Å². The molecular weight excluding hydrogens is 406 g/mol. The molecule has 3 N–H and O–H groups in total. The lowest BCUT2D eigenvalue weighted by Gasteiger charge is -2.11. The summed E-state index contributed by atoms with van der Waals surface area (Å²) in [7, 11) is 1.46. The van der Waals surface area contributed by atoms with Crippen molar-refractivity contribution >= 4 is 17.5 Å². The van der Waals surface area contributed by atoms with E-state index in [1.807, 2.05) is 0 Å². The number of nitrogens with one attached hydrogen (secondary N) is 1. The maximum atomic E-state index is 12.4. The van der Waals surface area contributed by atoms with Crippen molar-refractivity contribution in [1.82, 2.24) is 15.1 Å². The molecule has 2 amide bonds. The second kappa shape index (κ2) is 9.39. The number of nitrogens with zero attached hydrogens (tertiary/aromatic N) is 3. The first-order chi connectivity index (χ1) is 14.9. The summed E-state index contributed by atoms with van der Waals surface area (Å²) in [6, 6.07) is 12.4. The van der Waals surface area contributed by atoms with Crippen LogP contribution in [0.25, 0.3) is 5.69 Å². The van der Waals surface area contributed by atoms with Gasteiger partial charge in [0, 0.05) is 24.9 Å². The predicted octanol–water partition coefficient (Wildman–Crippen LogP) is 1.58. The van der Waals surface area contributed by atoms with Crippen LogP contribution >= 0.6 is 0 Å². The summed E-state index contributed by atoms with van der Waals surface area (Å²) in [4.78, 5) is 33.5. The second-order valence-electron chi connectivity index (χ2n) is 6.34. The van der Waals surface area contributed by atoms with Crippen LogP contribution in [0.2, 0.25) is 0 Å². The number of non-ortho nitro benzene ring substituents is 1. The molecule has 1 aromatic heterocycles. The van der Waals surface area contributed by atoms with E-state index in [1.54, 1.807) is 36.5 Å². The first kappa shape index (κ1) is 21.3. The first-order valence-corrected chi connectivity index (χ1v) is 9.04. The van der Waals surface area contributed by atoms with Crippen LogP contribution in [-0.2, 0) is 11.3 Å². The molecule has 11 heteroatoms. The molecule has 0 spiro atoms. The van der Waals surface area contributed by atoms with Crippen molar-refractivity contribution in [2.75, 3.05) is 13.7 Å². The monoisotopic (exact) mass is 425 g/mol. The molecule has 0 saturated heterocycles. The van der Waals surface area contributed by atoms with Crippen molar-refractivity contribution < 1.29 is 24.0 Å². The number of carbonyl (C=O) groups is 2. The lowest BCUT2D eigenvalue weighted by molar-refractivity contribution is -0.384. The van der Waals surface area contributed by atoms with E-state index >= 15 is 0 Å². The molecule has 0 aliphatic rings. The van der Waals surface area contributed by atoms with E-state index in [0.717, 1.165) is 5.56 Å². The van der Waals surface area contributed by atoms with Gasteiger partial charge in [-0.05, 0) is 35.9 Å². The number of carbonyl (C=O) groups excluding carboxylic acids is 2. The van der Waals surface area contributed by atoms with Crippen LogP contribution in [0.1, 0.15) is 16.1 Å². The van der Waals surface area contributed by atoms with Crippen molar-refractivity contribution in [3.05, 3.63) is 76.1 Å². The smallest absolute Gasteiger partial charge is 0.272 e. The molecule has 0 bridgehead atoms. The van der Waals surface area contributed by atoms with Gasteiger partial charge in [0.15, 0.2) is 23.8 Å². The van der Waals surface area contributed by atoms with E-state index in [0.29, 0.717) is 17.2 Å². The molecule has 3 rings (SSSR count). The highest BCUT2D eigenvalue weighted by Crippen LogP contribution is 2.28. The van der Waals surface area contributed by atoms with Crippen molar-refractivity contribution in [2.45, 2.75) is 6.54 Å². The minimum Gasteiger partial charge on any atom is -0.493 e. The molecule has 0 fully saturated rings. The van der Waals surface area contributed by atoms with E-state index in [9.17, 15) is 19.7 Å². The summed E-state index contributed by atoms with van der Waals surface area (Å²) in [5.74, 6) is -0.242. The molecule has 0 unspecified atom stereocenters. The lowest BCUT2D eigenvalue weighted by Crippen LogP contribution is -2.23. The standard InChI is InChI=1S/C20H19N5O6/c1-30-18-10-13(2-7-17(18)31-12-19(21)26)11-22-20(27)16-8-9-24(23-16)14-3-5-15(6-4-14)25(28)29/h2-10H,11-12H2,1H3,(H2,21,26)(H,22,27). The number of nitro benzene ring substituents is 1. The van der Waals surface area contributed by atoms with Gasteiger partial charge in [-0.25, -0.2) is 4.68 Å². The highest BCUT2D eigenvalue weighted by molar-refractivity contribution is 5.92. The van der Waals surface area contributed by atoms with Gasteiger partial charge in [-0.3, -0.25) is 19.7 Å². The molecule has 0 radical (unpaired) electrons. The molecular formula is C20H19N5O6. The largest absolute Gasteiger partial charge is 0.493 e. The summed E-state index contributed by atoms with van der Waals surface area (Å²) in [5.41, 5.74) is 6.55. The number of methoxy groups -OCH3 is 1. The van der Waals surface area contributed by atoms with E-state index < -0.39 is 16.7 Å². The Morgan fingerprint density at radius 3 is 2.55 bits per heavy atom. The second-order valence-corrected chi connectivity index (χ2v) is 6.34. The third-order valence-corrected chi connectivity index (χ3v) is 4.20. The van der Waals surface area contributed by atoms with E-state index in [1.165, 1.54) is 30.0 Å². The number of aromatic nitrogens is 2. The van der Waals surface area contributed by atoms with Crippen molar-refractivity contribution in [3.8, 4) is 17.2 Å². The fourth-order valence-electron chi connectivity index (χ4n) is 2.68. The van der Waals surface area contributed by atoms with Crippen LogP contribution in [0.5, 0.6) is 11.5 Å². The maximum Gasteiger partial charge on any atom is 0.272 e. The topological polar surface area (TPSA) is 152 Å². The van der Waals surface area contributed by atoms with E-state index in [4.69, 9.17) is 15.2 Å². The average Bonchev–Trinajstić information content (AvgIpc) is 3.26. The van der Waals surface area contributed by atoms with Gasteiger partial charge in [0.1, 0.15) is 0 Å². The SMILES string of the molecule is COc1cc(CNC(=O)c2ccn(-c3ccc([N+](=O)[O-])cc3)n2)ccc1OCC(N)=O. The van der Waals surface area contributed by atoms with Crippen LogP contribution in [-0.4, -0.2) is 40.2 Å². The van der Waals surface area contributed by atoms with Crippen LogP contribution in [0.15, 0.2) is 54.7 Å². The summed E-state index contributed by atoms with van der Waals surface area (Å²) < 4.78 is 12.0. The summed E-state index contributed by atoms with van der Waals surface area (Å²) in [6.07, 6.45) is 1.59. The van der Waals surface area contributed by atoms with Crippen molar-refractivity contribution in [3.63, 3.8) is 0 Å². The third-order valence-electron chi connectivity index (χ3n) is 4.20. The maximum absolute atomic E-state index is 12.4. The highest BCUT2D eigenvalue weighted by atomic mass is 16.6. The molecule has 2 aromatic carbocycles. The number of nitro groups is 1. The molecule has 31 heavy (non-hydrogen) atoms. The van der Waals surface area contributed by atoms with Gasteiger partial charge in [0.05, 0.1) is 17.7 Å². The first-order valence-electron chi connectivity index (χ1n) is 9.04. The summed E-state index contributed by atoms with van der Waals surface area (Å²) >= 11 is 0. The van der Waals surface area contributed by atoms with Crippen LogP contribution in [0, 0.1) is 10.1 Å². The number of hydrogen-bond donors (Lipinski definition) is 2. The number of amides is 2. The summed E-state index contributed by atoms with van der Waals surface area (Å²) in [6.45, 7) is -0.0699.